The molecule has 0 saturated carbocycles. The zero-order chi connectivity index (χ0) is 9.14. The summed E-state index contributed by atoms with van der Waals surface area (Å²) >= 11 is 5.15. The topological polar surface area (TPSA) is 20.3 Å². The lowest BCUT2D eigenvalue weighted by molar-refractivity contribution is -0.129. The molecule has 1 aliphatic heterocycles. The van der Waals surface area contributed by atoms with Gasteiger partial charge in [-0.15, -0.1) is 0 Å². The van der Waals surface area contributed by atoms with E-state index in [0.29, 0.717) is 5.25 Å². The second kappa shape index (κ2) is 4.51. The molecular formula is C8H14BrNOS. The molecule has 0 radical (unpaired) electrons. The summed E-state index contributed by atoms with van der Waals surface area (Å²) in [4.78, 5) is 13.4. The number of halogens is 1. The van der Waals surface area contributed by atoms with Gasteiger partial charge in [0.15, 0.2) is 0 Å². The fourth-order valence-corrected chi connectivity index (χ4v) is 2.33. The standard InChI is InChI=1S/C8H14BrNOS/c1-6(9)8(11)10-4-3-7(5-10)12-2/h6-7H,3-5H2,1-2H3. The highest BCUT2D eigenvalue weighted by Crippen LogP contribution is 2.21. The molecule has 4 heteroatoms. The normalized spacial score (nSPS) is 25.9. The summed E-state index contributed by atoms with van der Waals surface area (Å²) in [6, 6.07) is 0. The molecule has 12 heavy (non-hydrogen) atoms. The van der Waals surface area contributed by atoms with Crippen molar-refractivity contribution in [1.29, 1.82) is 0 Å². The first-order chi connectivity index (χ1) is 5.65. The molecule has 2 nitrogen and oxygen atoms in total. The van der Waals surface area contributed by atoms with Crippen molar-refractivity contribution in [2.75, 3.05) is 19.3 Å². The molecular weight excluding hydrogens is 238 g/mol. The number of hydrogen-bond donors (Lipinski definition) is 0. The Hall–Kier alpha value is 0.300. The van der Waals surface area contributed by atoms with Gasteiger partial charge in [0.05, 0.1) is 4.83 Å². The average molecular weight is 252 g/mol. The van der Waals surface area contributed by atoms with Gasteiger partial charge in [-0.2, -0.15) is 11.8 Å². The molecule has 1 aliphatic rings. The summed E-state index contributed by atoms with van der Waals surface area (Å²) in [5.74, 6) is 0.228. The summed E-state index contributed by atoms with van der Waals surface area (Å²) in [7, 11) is 0. The third kappa shape index (κ3) is 2.39. The van der Waals surface area contributed by atoms with Gasteiger partial charge in [-0.3, -0.25) is 4.79 Å². The van der Waals surface area contributed by atoms with Gasteiger partial charge in [0.25, 0.3) is 0 Å². The Kier molecular flexibility index (Phi) is 3.90. The summed E-state index contributed by atoms with van der Waals surface area (Å²) in [6.45, 7) is 3.74. The van der Waals surface area contributed by atoms with E-state index in [1.165, 1.54) is 0 Å². The maximum absolute atomic E-state index is 11.5. The van der Waals surface area contributed by atoms with Gasteiger partial charge < -0.3 is 4.90 Å². The van der Waals surface area contributed by atoms with E-state index in [0.717, 1.165) is 19.5 Å². The van der Waals surface area contributed by atoms with Gasteiger partial charge in [-0.05, 0) is 19.6 Å². The first kappa shape index (κ1) is 10.4. The molecule has 0 N–H and O–H groups in total. The van der Waals surface area contributed by atoms with Crippen LogP contribution in [-0.2, 0) is 4.79 Å². The van der Waals surface area contributed by atoms with Gasteiger partial charge in [0, 0.05) is 18.3 Å². The van der Waals surface area contributed by atoms with Crippen molar-refractivity contribution in [2.24, 2.45) is 0 Å². The monoisotopic (exact) mass is 251 g/mol. The minimum Gasteiger partial charge on any atom is -0.341 e. The lowest BCUT2D eigenvalue weighted by Gasteiger charge is -2.17. The van der Waals surface area contributed by atoms with Crippen molar-refractivity contribution in [3.05, 3.63) is 0 Å². The predicted octanol–water partition coefficient (Wildman–Crippen LogP) is 1.73. The Morgan fingerprint density at radius 2 is 2.42 bits per heavy atom. The summed E-state index contributed by atoms with van der Waals surface area (Å²) in [5.41, 5.74) is 0. The van der Waals surface area contributed by atoms with E-state index in [1.54, 1.807) is 0 Å². The van der Waals surface area contributed by atoms with E-state index in [4.69, 9.17) is 0 Å². The number of likely N-dealkylation sites (tertiary alicyclic amines) is 1. The Labute approximate surface area is 86.2 Å². The molecule has 2 atom stereocenters. The maximum Gasteiger partial charge on any atom is 0.236 e. The zero-order valence-electron chi connectivity index (χ0n) is 7.42. The quantitative estimate of drug-likeness (QED) is 0.698. The third-order valence-corrected chi connectivity index (χ3v) is 3.57. The van der Waals surface area contributed by atoms with Crippen molar-refractivity contribution >= 4 is 33.6 Å². The molecule has 0 aliphatic carbocycles. The lowest BCUT2D eigenvalue weighted by atomic mass is 10.4. The van der Waals surface area contributed by atoms with E-state index in [-0.39, 0.29) is 10.7 Å². The number of alkyl halides is 1. The highest BCUT2D eigenvalue weighted by molar-refractivity contribution is 9.10. The molecule has 2 unspecified atom stereocenters. The molecule has 1 rings (SSSR count). The third-order valence-electron chi connectivity index (χ3n) is 2.13. The van der Waals surface area contributed by atoms with E-state index >= 15 is 0 Å². The van der Waals surface area contributed by atoms with E-state index < -0.39 is 0 Å². The van der Waals surface area contributed by atoms with Crippen LogP contribution < -0.4 is 0 Å². The van der Waals surface area contributed by atoms with Gasteiger partial charge in [0.2, 0.25) is 5.91 Å². The number of amides is 1. The predicted molar refractivity (Wildman–Crippen MR) is 56.9 cm³/mol. The van der Waals surface area contributed by atoms with Crippen LogP contribution in [0.5, 0.6) is 0 Å². The molecule has 1 heterocycles. The average Bonchev–Trinajstić information content (AvgIpc) is 2.50. The van der Waals surface area contributed by atoms with Crippen LogP contribution in [0.25, 0.3) is 0 Å². The van der Waals surface area contributed by atoms with Gasteiger partial charge in [0.1, 0.15) is 0 Å². The number of hydrogen-bond acceptors (Lipinski definition) is 2. The summed E-state index contributed by atoms with van der Waals surface area (Å²) in [6.07, 6.45) is 3.25. The molecule has 0 aromatic rings. The SMILES string of the molecule is CSC1CCN(C(=O)C(C)Br)C1. The van der Waals surface area contributed by atoms with Crippen molar-refractivity contribution in [3.63, 3.8) is 0 Å². The molecule has 1 amide bonds. The van der Waals surface area contributed by atoms with Crippen LogP contribution in [0.4, 0.5) is 0 Å². The molecule has 70 valence electrons. The number of nitrogens with zero attached hydrogens (tertiary/aromatic N) is 1. The zero-order valence-corrected chi connectivity index (χ0v) is 9.82. The van der Waals surface area contributed by atoms with Gasteiger partial charge >= 0.3 is 0 Å². The Morgan fingerprint density at radius 3 is 2.83 bits per heavy atom. The van der Waals surface area contributed by atoms with Crippen molar-refractivity contribution < 1.29 is 4.79 Å². The maximum atomic E-state index is 11.5. The molecule has 1 saturated heterocycles. The van der Waals surface area contributed by atoms with Crippen LogP contribution in [0.15, 0.2) is 0 Å². The molecule has 0 bridgehead atoms. The lowest BCUT2D eigenvalue weighted by Crippen LogP contribution is -2.33. The van der Waals surface area contributed by atoms with Crippen LogP contribution >= 0.6 is 27.7 Å². The Bertz CT molecular complexity index is 174. The molecule has 0 spiro atoms. The van der Waals surface area contributed by atoms with Crippen LogP contribution in [0, 0.1) is 0 Å². The minimum atomic E-state index is -0.0295. The van der Waals surface area contributed by atoms with Gasteiger partial charge in [-0.25, -0.2) is 0 Å². The number of rotatable bonds is 2. The second-order valence-electron chi connectivity index (χ2n) is 3.05. The second-order valence-corrected chi connectivity index (χ2v) is 5.56. The molecule has 0 aromatic carbocycles. The largest absolute Gasteiger partial charge is 0.341 e. The highest BCUT2D eigenvalue weighted by atomic mass is 79.9. The minimum absolute atomic E-state index is 0.0295. The smallest absolute Gasteiger partial charge is 0.236 e. The van der Waals surface area contributed by atoms with E-state index in [1.807, 2.05) is 23.6 Å². The number of carbonyl (C=O) groups excluding carboxylic acids is 1. The van der Waals surface area contributed by atoms with Crippen molar-refractivity contribution in [3.8, 4) is 0 Å². The van der Waals surface area contributed by atoms with Crippen LogP contribution in [0.3, 0.4) is 0 Å². The fourth-order valence-electron chi connectivity index (χ4n) is 1.37. The summed E-state index contributed by atoms with van der Waals surface area (Å²) in [5, 5.41) is 0.653. The van der Waals surface area contributed by atoms with Crippen LogP contribution in [-0.4, -0.2) is 40.2 Å². The first-order valence-electron chi connectivity index (χ1n) is 4.10. The number of thioether (sulfide) groups is 1. The van der Waals surface area contributed by atoms with Crippen LogP contribution in [0.2, 0.25) is 0 Å². The molecule has 0 aromatic heterocycles. The molecule has 1 fully saturated rings. The van der Waals surface area contributed by atoms with Crippen molar-refractivity contribution in [2.45, 2.75) is 23.4 Å². The Balaban J connectivity index is 2.41. The van der Waals surface area contributed by atoms with E-state index in [2.05, 4.69) is 22.2 Å². The Morgan fingerprint density at radius 1 is 1.75 bits per heavy atom. The number of carbonyl (C=O) groups is 1. The fraction of sp³-hybridized carbons (Fsp3) is 0.875. The summed E-state index contributed by atoms with van der Waals surface area (Å²) < 4.78 is 0. The van der Waals surface area contributed by atoms with Gasteiger partial charge in [-0.1, -0.05) is 15.9 Å². The van der Waals surface area contributed by atoms with E-state index in [9.17, 15) is 4.79 Å². The first-order valence-corrected chi connectivity index (χ1v) is 6.31. The van der Waals surface area contributed by atoms with Crippen LogP contribution in [0.1, 0.15) is 13.3 Å². The highest BCUT2D eigenvalue weighted by Gasteiger charge is 2.27. The van der Waals surface area contributed by atoms with Crippen molar-refractivity contribution in [1.82, 2.24) is 4.90 Å².